The van der Waals surface area contributed by atoms with Crippen molar-refractivity contribution in [1.29, 1.82) is 0 Å². The van der Waals surface area contributed by atoms with E-state index in [-0.39, 0.29) is 5.91 Å². The minimum Gasteiger partial charge on any atom is -0.497 e. The highest BCUT2D eigenvalue weighted by atomic mass is 32.2. The van der Waals surface area contributed by atoms with Crippen LogP contribution in [-0.4, -0.2) is 38.8 Å². The van der Waals surface area contributed by atoms with Gasteiger partial charge in [0.15, 0.2) is 0 Å². The SMILES string of the molecule is COc1cccc(CNC(=O)c2cccc(-c3ccc(S(=O)(=O)N4CCCC4)cc3)c2)c1. The van der Waals surface area contributed by atoms with Gasteiger partial charge >= 0.3 is 0 Å². The molecular formula is C25H26N2O4S. The predicted molar refractivity (Wildman–Crippen MR) is 124 cm³/mol. The van der Waals surface area contributed by atoms with Crippen molar-refractivity contribution in [3.63, 3.8) is 0 Å². The molecule has 0 aromatic heterocycles. The van der Waals surface area contributed by atoms with E-state index in [1.165, 1.54) is 4.31 Å². The molecule has 32 heavy (non-hydrogen) atoms. The fourth-order valence-electron chi connectivity index (χ4n) is 3.80. The van der Waals surface area contributed by atoms with Crippen LogP contribution in [0.25, 0.3) is 11.1 Å². The summed E-state index contributed by atoms with van der Waals surface area (Å²) in [5.41, 5.74) is 3.19. The zero-order valence-electron chi connectivity index (χ0n) is 18.0. The number of nitrogens with zero attached hydrogens (tertiary/aromatic N) is 1. The van der Waals surface area contributed by atoms with Gasteiger partial charge in [0.2, 0.25) is 10.0 Å². The number of methoxy groups -OCH3 is 1. The van der Waals surface area contributed by atoms with Crippen LogP contribution in [0.5, 0.6) is 5.75 Å². The van der Waals surface area contributed by atoms with Crippen LogP contribution in [0.3, 0.4) is 0 Å². The number of benzene rings is 3. The Morgan fingerprint density at radius 3 is 2.38 bits per heavy atom. The molecule has 1 fully saturated rings. The largest absolute Gasteiger partial charge is 0.497 e. The van der Waals surface area contributed by atoms with Gasteiger partial charge in [-0.05, 0) is 65.9 Å². The number of nitrogens with one attached hydrogen (secondary N) is 1. The second-order valence-electron chi connectivity index (χ2n) is 7.75. The summed E-state index contributed by atoms with van der Waals surface area (Å²) in [6.07, 6.45) is 1.81. The van der Waals surface area contributed by atoms with E-state index in [2.05, 4.69) is 5.32 Å². The Balaban J connectivity index is 1.47. The fourth-order valence-corrected chi connectivity index (χ4v) is 5.32. The van der Waals surface area contributed by atoms with Crippen LogP contribution in [0.15, 0.2) is 77.7 Å². The normalized spacial score (nSPS) is 14.3. The highest BCUT2D eigenvalue weighted by Crippen LogP contribution is 2.25. The third-order valence-corrected chi connectivity index (χ3v) is 7.52. The van der Waals surface area contributed by atoms with Crippen molar-refractivity contribution < 1.29 is 17.9 Å². The Morgan fingerprint density at radius 1 is 0.938 bits per heavy atom. The molecule has 0 aliphatic carbocycles. The molecule has 0 atom stereocenters. The second-order valence-corrected chi connectivity index (χ2v) is 9.69. The average Bonchev–Trinajstić information content (AvgIpc) is 3.39. The first-order valence-electron chi connectivity index (χ1n) is 10.6. The topological polar surface area (TPSA) is 75.7 Å². The number of amides is 1. The second kappa shape index (κ2) is 9.54. The summed E-state index contributed by atoms with van der Waals surface area (Å²) in [7, 11) is -1.83. The van der Waals surface area contributed by atoms with E-state index in [1.54, 1.807) is 37.4 Å². The van der Waals surface area contributed by atoms with Crippen molar-refractivity contribution in [2.45, 2.75) is 24.3 Å². The fraction of sp³-hybridized carbons (Fsp3) is 0.240. The lowest BCUT2D eigenvalue weighted by molar-refractivity contribution is 0.0951. The molecule has 3 aromatic rings. The van der Waals surface area contributed by atoms with E-state index in [0.717, 1.165) is 35.3 Å². The Hall–Kier alpha value is -3.16. The highest BCUT2D eigenvalue weighted by Gasteiger charge is 2.26. The average molecular weight is 451 g/mol. The summed E-state index contributed by atoms with van der Waals surface area (Å²) in [4.78, 5) is 13.0. The molecule has 1 heterocycles. The lowest BCUT2D eigenvalue weighted by Gasteiger charge is -2.15. The molecule has 1 saturated heterocycles. The smallest absolute Gasteiger partial charge is 0.251 e. The van der Waals surface area contributed by atoms with E-state index in [1.807, 2.05) is 42.5 Å². The third-order valence-electron chi connectivity index (χ3n) is 5.60. The first kappa shape index (κ1) is 22.0. The van der Waals surface area contributed by atoms with Crippen LogP contribution in [0, 0.1) is 0 Å². The van der Waals surface area contributed by atoms with Gasteiger partial charge in [0.1, 0.15) is 5.75 Å². The maximum atomic E-state index is 12.7. The summed E-state index contributed by atoms with van der Waals surface area (Å²) in [5, 5.41) is 2.93. The number of ether oxygens (including phenoxy) is 1. The Labute approximate surface area is 188 Å². The standard InChI is InChI=1S/C25H26N2O4S/c1-31-23-9-4-6-19(16-23)18-26-25(28)22-8-5-7-21(17-22)20-10-12-24(13-11-20)32(29,30)27-14-2-3-15-27/h4-13,16-17H,2-3,14-15,18H2,1H3,(H,26,28). The van der Waals surface area contributed by atoms with Gasteiger partial charge in [-0.3, -0.25) is 4.79 Å². The van der Waals surface area contributed by atoms with Crippen molar-refractivity contribution in [3.05, 3.63) is 83.9 Å². The van der Waals surface area contributed by atoms with Gasteiger partial charge in [-0.2, -0.15) is 4.31 Å². The molecule has 1 aliphatic heterocycles. The van der Waals surface area contributed by atoms with Crippen molar-refractivity contribution in [1.82, 2.24) is 9.62 Å². The minimum absolute atomic E-state index is 0.178. The molecule has 7 heteroatoms. The van der Waals surface area contributed by atoms with Crippen LogP contribution < -0.4 is 10.1 Å². The first-order chi connectivity index (χ1) is 15.5. The summed E-state index contributed by atoms with van der Waals surface area (Å²) < 4.78 is 32.2. The van der Waals surface area contributed by atoms with E-state index >= 15 is 0 Å². The van der Waals surface area contributed by atoms with Gasteiger partial charge in [0, 0.05) is 25.2 Å². The highest BCUT2D eigenvalue weighted by molar-refractivity contribution is 7.89. The van der Waals surface area contributed by atoms with Gasteiger partial charge in [0.05, 0.1) is 12.0 Å². The zero-order chi connectivity index (χ0) is 22.6. The number of hydrogen-bond donors (Lipinski definition) is 1. The van der Waals surface area contributed by atoms with E-state index in [9.17, 15) is 13.2 Å². The van der Waals surface area contributed by atoms with Gasteiger partial charge in [-0.15, -0.1) is 0 Å². The van der Waals surface area contributed by atoms with Crippen LogP contribution in [0.4, 0.5) is 0 Å². The van der Waals surface area contributed by atoms with Gasteiger partial charge < -0.3 is 10.1 Å². The molecule has 0 spiro atoms. The molecule has 3 aromatic carbocycles. The minimum atomic E-state index is -3.44. The number of carbonyl (C=O) groups is 1. The molecule has 0 bridgehead atoms. The molecule has 0 unspecified atom stereocenters. The Bertz CT molecular complexity index is 1200. The summed E-state index contributed by atoms with van der Waals surface area (Å²) in [6.45, 7) is 1.55. The first-order valence-corrected chi connectivity index (χ1v) is 12.0. The van der Waals surface area contributed by atoms with Gasteiger partial charge in [-0.1, -0.05) is 36.4 Å². The van der Waals surface area contributed by atoms with E-state index in [0.29, 0.717) is 30.1 Å². The van der Waals surface area contributed by atoms with Crippen molar-refractivity contribution in [2.75, 3.05) is 20.2 Å². The van der Waals surface area contributed by atoms with Crippen LogP contribution in [-0.2, 0) is 16.6 Å². The molecule has 4 rings (SSSR count). The van der Waals surface area contributed by atoms with Gasteiger partial charge in [0.25, 0.3) is 5.91 Å². The number of sulfonamides is 1. The molecule has 1 aliphatic rings. The molecule has 0 saturated carbocycles. The van der Waals surface area contributed by atoms with Crippen molar-refractivity contribution in [2.24, 2.45) is 0 Å². The monoisotopic (exact) mass is 450 g/mol. The van der Waals surface area contributed by atoms with E-state index < -0.39 is 10.0 Å². The molecule has 6 nitrogen and oxygen atoms in total. The molecule has 1 amide bonds. The maximum Gasteiger partial charge on any atom is 0.251 e. The number of carbonyl (C=O) groups excluding carboxylic acids is 1. The maximum absolute atomic E-state index is 12.7. The van der Waals surface area contributed by atoms with Gasteiger partial charge in [-0.25, -0.2) is 8.42 Å². The third kappa shape index (κ3) is 4.84. The van der Waals surface area contributed by atoms with Crippen molar-refractivity contribution in [3.8, 4) is 16.9 Å². The molecule has 0 radical (unpaired) electrons. The quantitative estimate of drug-likeness (QED) is 0.589. The van der Waals surface area contributed by atoms with E-state index in [4.69, 9.17) is 4.74 Å². The number of rotatable bonds is 7. The van der Waals surface area contributed by atoms with Crippen LogP contribution in [0.1, 0.15) is 28.8 Å². The lowest BCUT2D eigenvalue weighted by Crippen LogP contribution is -2.27. The lowest BCUT2D eigenvalue weighted by atomic mass is 10.0. The summed E-state index contributed by atoms with van der Waals surface area (Å²) >= 11 is 0. The summed E-state index contributed by atoms with van der Waals surface area (Å²) in [6, 6.07) is 21.7. The molecule has 166 valence electrons. The Kier molecular flexibility index (Phi) is 6.58. The Morgan fingerprint density at radius 2 is 1.66 bits per heavy atom. The van der Waals surface area contributed by atoms with Crippen LogP contribution in [0.2, 0.25) is 0 Å². The molecule has 1 N–H and O–H groups in total. The zero-order valence-corrected chi connectivity index (χ0v) is 18.8. The van der Waals surface area contributed by atoms with Crippen LogP contribution >= 0.6 is 0 Å². The summed E-state index contributed by atoms with van der Waals surface area (Å²) in [5.74, 6) is 0.567. The van der Waals surface area contributed by atoms with Crippen molar-refractivity contribution >= 4 is 15.9 Å². The molecular weight excluding hydrogens is 424 g/mol. The predicted octanol–water partition coefficient (Wildman–Crippen LogP) is 4.08. The number of hydrogen-bond acceptors (Lipinski definition) is 4.